The van der Waals surface area contributed by atoms with Gasteiger partial charge in [0.2, 0.25) is 5.91 Å². The molecule has 1 aromatic heterocycles. The van der Waals surface area contributed by atoms with Crippen molar-refractivity contribution in [1.82, 2.24) is 25.8 Å². The Morgan fingerprint density at radius 1 is 1.30 bits per heavy atom. The molecule has 23 heavy (non-hydrogen) atoms. The van der Waals surface area contributed by atoms with Crippen LogP contribution in [-0.2, 0) is 11.3 Å². The van der Waals surface area contributed by atoms with Crippen LogP contribution >= 0.6 is 0 Å². The van der Waals surface area contributed by atoms with Crippen molar-refractivity contribution in [2.45, 2.75) is 19.4 Å². The SMILES string of the molecule is COc1ccc(-c2n[nH]c(CNC(=O)C3CCNCC3)n2)cc1. The Labute approximate surface area is 134 Å². The third-order valence-electron chi connectivity index (χ3n) is 4.02. The van der Waals surface area contributed by atoms with Gasteiger partial charge < -0.3 is 15.4 Å². The first-order valence-electron chi connectivity index (χ1n) is 7.80. The lowest BCUT2D eigenvalue weighted by Crippen LogP contribution is -2.38. The van der Waals surface area contributed by atoms with Gasteiger partial charge in [0.1, 0.15) is 11.6 Å². The Morgan fingerprint density at radius 3 is 2.74 bits per heavy atom. The number of methoxy groups -OCH3 is 1. The van der Waals surface area contributed by atoms with Crippen LogP contribution in [0.3, 0.4) is 0 Å². The van der Waals surface area contributed by atoms with Crippen molar-refractivity contribution in [3.05, 3.63) is 30.1 Å². The molecule has 7 nitrogen and oxygen atoms in total. The monoisotopic (exact) mass is 315 g/mol. The molecule has 122 valence electrons. The number of piperidine rings is 1. The second kappa shape index (κ2) is 7.23. The maximum absolute atomic E-state index is 12.1. The number of carbonyl (C=O) groups excluding carboxylic acids is 1. The standard InChI is InChI=1S/C16H21N5O2/c1-23-13-4-2-11(3-5-13)15-19-14(20-21-15)10-18-16(22)12-6-8-17-9-7-12/h2-5,12,17H,6-10H2,1H3,(H,18,22)(H,19,20,21). The van der Waals surface area contributed by atoms with E-state index in [-0.39, 0.29) is 11.8 Å². The van der Waals surface area contributed by atoms with Crippen LogP contribution in [0.5, 0.6) is 5.75 Å². The Morgan fingerprint density at radius 2 is 2.04 bits per heavy atom. The zero-order chi connectivity index (χ0) is 16.1. The topological polar surface area (TPSA) is 91.9 Å². The average Bonchev–Trinajstić information content (AvgIpc) is 3.09. The Bertz CT molecular complexity index is 647. The van der Waals surface area contributed by atoms with Crippen molar-refractivity contribution < 1.29 is 9.53 Å². The van der Waals surface area contributed by atoms with Crippen LogP contribution in [0.25, 0.3) is 11.4 Å². The Hall–Kier alpha value is -2.41. The van der Waals surface area contributed by atoms with E-state index < -0.39 is 0 Å². The maximum atomic E-state index is 12.1. The molecule has 0 aliphatic carbocycles. The second-order valence-corrected chi connectivity index (χ2v) is 5.58. The fraction of sp³-hybridized carbons (Fsp3) is 0.438. The lowest BCUT2D eigenvalue weighted by Gasteiger charge is -2.21. The maximum Gasteiger partial charge on any atom is 0.223 e. The molecule has 0 atom stereocenters. The van der Waals surface area contributed by atoms with Gasteiger partial charge in [0, 0.05) is 11.5 Å². The number of hydrogen-bond acceptors (Lipinski definition) is 5. The number of carbonyl (C=O) groups is 1. The molecule has 1 saturated heterocycles. The predicted octanol–water partition coefficient (Wildman–Crippen LogP) is 1.10. The summed E-state index contributed by atoms with van der Waals surface area (Å²) in [7, 11) is 1.63. The zero-order valence-corrected chi connectivity index (χ0v) is 13.1. The van der Waals surface area contributed by atoms with E-state index in [1.807, 2.05) is 24.3 Å². The van der Waals surface area contributed by atoms with Crippen LogP contribution in [-0.4, -0.2) is 41.3 Å². The molecule has 1 amide bonds. The third kappa shape index (κ3) is 3.87. The van der Waals surface area contributed by atoms with Gasteiger partial charge in [-0.3, -0.25) is 9.89 Å². The number of nitrogens with one attached hydrogen (secondary N) is 3. The molecule has 1 aliphatic rings. The van der Waals surface area contributed by atoms with E-state index >= 15 is 0 Å². The molecular formula is C16H21N5O2. The fourth-order valence-corrected chi connectivity index (χ4v) is 2.64. The van der Waals surface area contributed by atoms with Crippen molar-refractivity contribution in [3.8, 4) is 17.1 Å². The lowest BCUT2D eigenvalue weighted by molar-refractivity contribution is -0.125. The summed E-state index contributed by atoms with van der Waals surface area (Å²) >= 11 is 0. The number of nitrogens with zero attached hydrogens (tertiary/aromatic N) is 2. The molecule has 0 bridgehead atoms. The molecule has 0 spiro atoms. The van der Waals surface area contributed by atoms with Gasteiger partial charge in [0.15, 0.2) is 5.82 Å². The number of aromatic amines is 1. The summed E-state index contributed by atoms with van der Waals surface area (Å²) in [4.78, 5) is 16.5. The molecule has 0 saturated carbocycles. The normalized spacial score (nSPS) is 15.3. The van der Waals surface area contributed by atoms with Crippen molar-refractivity contribution in [2.24, 2.45) is 5.92 Å². The number of rotatable bonds is 5. The van der Waals surface area contributed by atoms with Crippen molar-refractivity contribution in [3.63, 3.8) is 0 Å². The van der Waals surface area contributed by atoms with Crippen LogP contribution in [0, 0.1) is 5.92 Å². The molecule has 3 N–H and O–H groups in total. The summed E-state index contributed by atoms with van der Waals surface area (Å²) in [5.74, 6) is 2.24. The van der Waals surface area contributed by atoms with Gasteiger partial charge in [0.25, 0.3) is 0 Å². The molecule has 2 heterocycles. The van der Waals surface area contributed by atoms with E-state index in [0.717, 1.165) is 37.2 Å². The highest BCUT2D eigenvalue weighted by Gasteiger charge is 2.20. The van der Waals surface area contributed by atoms with Crippen molar-refractivity contribution in [1.29, 1.82) is 0 Å². The van der Waals surface area contributed by atoms with E-state index in [2.05, 4.69) is 25.8 Å². The highest BCUT2D eigenvalue weighted by atomic mass is 16.5. The average molecular weight is 315 g/mol. The Balaban J connectivity index is 1.57. The van der Waals surface area contributed by atoms with E-state index in [1.54, 1.807) is 7.11 Å². The van der Waals surface area contributed by atoms with E-state index in [4.69, 9.17) is 4.74 Å². The minimum atomic E-state index is 0.0916. The predicted molar refractivity (Wildman–Crippen MR) is 85.8 cm³/mol. The molecule has 0 unspecified atom stereocenters. The van der Waals surface area contributed by atoms with Gasteiger partial charge in [0.05, 0.1) is 13.7 Å². The van der Waals surface area contributed by atoms with Crippen LogP contribution in [0.1, 0.15) is 18.7 Å². The highest BCUT2D eigenvalue weighted by molar-refractivity contribution is 5.78. The molecular weight excluding hydrogens is 294 g/mol. The first-order valence-corrected chi connectivity index (χ1v) is 7.80. The van der Waals surface area contributed by atoms with Gasteiger partial charge in [-0.1, -0.05) is 0 Å². The molecule has 1 fully saturated rings. The third-order valence-corrected chi connectivity index (χ3v) is 4.02. The zero-order valence-electron chi connectivity index (χ0n) is 13.1. The number of ether oxygens (including phenoxy) is 1. The number of amides is 1. The summed E-state index contributed by atoms with van der Waals surface area (Å²) in [5, 5.41) is 13.3. The molecule has 3 rings (SSSR count). The number of H-pyrrole nitrogens is 1. The van der Waals surface area contributed by atoms with Gasteiger partial charge >= 0.3 is 0 Å². The fourth-order valence-electron chi connectivity index (χ4n) is 2.64. The summed E-state index contributed by atoms with van der Waals surface area (Å²) in [6.45, 7) is 2.18. The van der Waals surface area contributed by atoms with Crippen molar-refractivity contribution in [2.75, 3.05) is 20.2 Å². The van der Waals surface area contributed by atoms with Gasteiger partial charge in [-0.2, -0.15) is 5.10 Å². The molecule has 1 aromatic carbocycles. The van der Waals surface area contributed by atoms with Gasteiger partial charge in [-0.05, 0) is 50.2 Å². The largest absolute Gasteiger partial charge is 0.497 e. The van der Waals surface area contributed by atoms with Crippen LogP contribution in [0.4, 0.5) is 0 Å². The molecule has 0 radical (unpaired) electrons. The van der Waals surface area contributed by atoms with E-state index in [0.29, 0.717) is 18.2 Å². The first kappa shape index (κ1) is 15.5. The molecule has 1 aliphatic heterocycles. The smallest absolute Gasteiger partial charge is 0.223 e. The van der Waals surface area contributed by atoms with Crippen LogP contribution in [0.2, 0.25) is 0 Å². The van der Waals surface area contributed by atoms with Crippen LogP contribution < -0.4 is 15.4 Å². The number of aromatic nitrogens is 3. The summed E-state index contributed by atoms with van der Waals surface area (Å²) < 4.78 is 5.13. The molecule has 7 heteroatoms. The summed E-state index contributed by atoms with van der Waals surface area (Å²) in [6.07, 6.45) is 1.78. The summed E-state index contributed by atoms with van der Waals surface area (Å²) in [5.41, 5.74) is 0.901. The molecule has 2 aromatic rings. The van der Waals surface area contributed by atoms with E-state index in [9.17, 15) is 4.79 Å². The second-order valence-electron chi connectivity index (χ2n) is 5.58. The van der Waals surface area contributed by atoms with Gasteiger partial charge in [-0.25, -0.2) is 4.98 Å². The minimum absolute atomic E-state index is 0.0916. The number of hydrogen-bond donors (Lipinski definition) is 3. The summed E-state index contributed by atoms with van der Waals surface area (Å²) in [6, 6.07) is 7.54. The number of benzene rings is 1. The quantitative estimate of drug-likeness (QED) is 0.768. The van der Waals surface area contributed by atoms with E-state index in [1.165, 1.54) is 0 Å². The Kier molecular flexibility index (Phi) is 4.87. The van der Waals surface area contributed by atoms with Gasteiger partial charge in [-0.15, -0.1) is 0 Å². The first-order chi connectivity index (χ1) is 11.3. The minimum Gasteiger partial charge on any atom is -0.497 e. The highest BCUT2D eigenvalue weighted by Crippen LogP contribution is 2.19. The van der Waals surface area contributed by atoms with Crippen molar-refractivity contribution >= 4 is 5.91 Å². The van der Waals surface area contributed by atoms with Crippen LogP contribution in [0.15, 0.2) is 24.3 Å². The lowest BCUT2D eigenvalue weighted by atomic mass is 9.97.